The van der Waals surface area contributed by atoms with E-state index in [0.717, 1.165) is 6.20 Å². The van der Waals surface area contributed by atoms with Crippen molar-refractivity contribution in [3.8, 4) is 17.2 Å². The summed E-state index contributed by atoms with van der Waals surface area (Å²) in [4.78, 5) is 12.7. The lowest BCUT2D eigenvalue weighted by Gasteiger charge is -2.17. The minimum atomic E-state index is -5.11. The van der Waals surface area contributed by atoms with Gasteiger partial charge in [0.05, 0.1) is 28.0 Å². The number of carbonyl (C=O) groups excluding carboxylic acids is 1. The van der Waals surface area contributed by atoms with Crippen LogP contribution in [0.3, 0.4) is 0 Å². The molecule has 1 heterocycles. The number of rotatable bonds is 5. The fourth-order valence-electron chi connectivity index (χ4n) is 2.52. The second-order valence-electron chi connectivity index (χ2n) is 6.29. The van der Waals surface area contributed by atoms with Crippen LogP contribution in [0.1, 0.15) is 15.9 Å². The van der Waals surface area contributed by atoms with Crippen LogP contribution in [-0.2, 0) is 6.18 Å². The van der Waals surface area contributed by atoms with Gasteiger partial charge in [-0.3, -0.25) is 4.79 Å². The van der Waals surface area contributed by atoms with Crippen molar-refractivity contribution in [3.05, 3.63) is 69.7 Å². The Morgan fingerprint density at radius 1 is 0.971 bits per heavy atom. The molecule has 3 rings (SSSR count). The van der Waals surface area contributed by atoms with Gasteiger partial charge in [-0.25, -0.2) is 4.39 Å². The van der Waals surface area contributed by atoms with Crippen LogP contribution in [0.15, 0.2) is 42.6 Å². The maximum Gasteiger partial charge on any atom is 0.573 e. The molecular formula is C19H8Cl2F7N3O3. The maximum absolute atomic E-state index is 14.3. The number of hydrogen-bond acceptors (Lipinski definition) is 5. The topological polar surface area (TPSA) is 73.3 Å². The molecule has 0 saturated carbocycles. The van der Waals surface area contributed by atoms with Crippen molar-refractivity contribution in [2.45, 2.75) is 12.5 Å². The van der Waals surface area contributed by atoms with Gasteiger partial charge in [0.25, 0.3) is 5.91 Å². The lowest BCUT2D eigenvalue weighted by Crippen LogP contribution is -2.17. The molecule has 0 aliphatic rings. The summed E-state index contributed by atoms with van der Waals surface area (Å²) < 4.78 is 99.8. The highest BCUT2D eigenvalue weighted by molar-refractivity contribution is 6.32. The number of aromatic nitrogens is 2. The van der Waals surface area contributed by atoms with Crippen molar-refractivity contribution in [2.75, 3.05) is 5.32 Å². The number of hydrogen-bond donors (Lipinski definition) is 1. The van der Waals surface area contributed by atoms with E-state index in [-0.39, 0.29) is 10.8 Å². The lowest BCUT2D eigenvalue weighted by molar-refractivity contribution is -0.274. The second-order valence-corrected chi connectivity index (χ2v) is 7.08. The molecule has 180 valence electrons. The van der Waals surface area contributed by atoms with E-state index < -0.39 is 57.7 Å². The normalized spacial score (nSPS) is 11.8. The molecule has 0 aliphatic carbocycles. The minimum Gasteiger partial charge on any atom is -0.453 e. The van der Waals surface area contributed by atoms with Crippen LogP contribution >= 0.6 is 23.2 Å². The molecule has 34 heavy (non-hydrogen) atoms. The highest BCUT2D eigenvalue weighted by Crippen LogP contribution is 2.40. The van der Waals surface area contributed by atoms with E-state index in [0.29, 0.717) is 30.3 Å². The summed E-state index contributed by atoms with van der Waals surface area (Å²) in [5.74, 6) is -5.00. The van der Waals surface area contributed by atoms with Crippen LogP contribution in [0.25, 0.3) is 0 Å². The summed E-state index contributed by atoms with van der Waals surface area (Å²) in [5, 5.41) is 8.24. The zero-order valence-electron chi connectivity index (χ0n) is 16.1. The fraction of sp³-hybridized carbons (Fsp3) is 0.105. The summed E-state index contributed by atoms with van der Waals surface area (Å²) in [6.45, 7) is 0. The van der Waals surface area contributed by atoms with E-state index in [9.17, 15) is 35.5 Å². The molecule has 0 aliphatic heterocycles. The van der Waals surface area contributed by atoms with E-state index >= 15 is 0 Å². The number of nitrogens with one attached hydrogen (secondary N) is 1. The molecule has 0 radical (unpaired) electrons. The predicted molar refractivity (Wildman–Crippen MR) is 105 cm³/mol. The van der Waals surface area contributed by atoms with E-state index in [4.69, 9.17) is 27.9 Å². The van der Waals surface area contributed by atoms with Gasteiger partial charge in [-0.05, 0) is 24.3 Å². The van der Waals surface area contributed by atoms with Gasteiger partial charge in [-0.15, -0.1) is 18.3 Å². The molecule has 15 heteroatoms. The van der Waals surface area contributed by atoms with Crippen LogP contribution in [0.2, 0.25) is 10.2 Å². The summed E-state index contributed by atoms with van der Waals surface area (Å²) in [7, 11) is 0. The number of alkyl halides is 6. The molecule has 1 aromatic heterocycles. The third-order valence-electron chi connectivity index (χ3n) is 3.86. The Balaban J connectivity index is 2.01. The van der Waals surface area contributed by atoms with Crippen LogP contribution in [0, 0.1) is 5.82 Å². The van der Waals surface area contributed by atoms with Crippen molar-refractivity contribution < 1.29 is 45.0 Å². The van der Waals surface area contributed by atoms with Crippen molar-refractivity contribution in [3.63, 3.8) is 0 Å². The van der Waals surface area contributed by atoms with E-state index in [1.54, 1.807) is 0 Å². The number of ether oxygens (including phenoxy) is 2. The van der Waals surface area contributed by atoms with Crippen molar-refractivity contribution >= 4 is 34.8 Å². The van der Waals surface area contributed by atoms with Gasteiger partial charge in [0.1, 0.15) is 11.5 Å². The first-order valence-corrected chi connectivity index (χ1v) is 9.42. The quantitative estimate of drug-likeness (QED) is 0.364. The minimum absolute atomic E-state index is 0.00630. The number of amides is 1. The first-order valence-electron chi connectivity index (χ1n) is 8.66. The Hall–Kier alpha value is -3.32. The van der Waals surface area contributed by atoms with Gasteiger partial charge >= 0.3 is 12.5 Å². The zero-order chi connectivity index (χ0) is 25.3. The maximum atomic E-state index is 14.3. The highest BCUT2D eigenvalue weighted by Gasteiger charge is 2.35. The summed E-state index contributed by atoms with van der Waals surface area (Å²) in [6, 6.07) is 3.79. The molecule has 3 aromatic rings. The molecule has 0 atom stereocenters. The fourth-order valence-corrected chi connectivity index (χ4v) is 2.95. The molecule has 0 saturated heterocycles. The van der Waals surface area contributed by atoms with Gasteiger partial charge in [0, 0.05) is 12.1 Å². The monoisotopic (exact) mass is 529 g/mol. The Labute approximate surface area is 195 Å². The zero-order valence-corrected chi connectivity index (χ0v) is 17.6. The van der Waals surface area contributed by atoms with Crippen molar-refractivity contribution in [1.29, 1.82) is 0 Å². The molecule has 0 bridgehead atoms. The standard InChI is InChI=1S/C19H8Cl2F7N3O3/c20-12-5-10(17(32)30-8-3-16(21)31-29-7-8)15(6-11(12)18(23,24)25)33-14-2-1-9(4-13(14)22)34-19(26,27)28/h1-7H,(H,30,31,32). The lowest BCUT2D eigenvalue weighted by atomic mass is 10.1. The number of carbonyl (C=O) groups is 1. The van der Waals surface area contributed by atoms with Crippen LogP contribution in [0.5, 0.6) is 17.2 Å². The molecule has 1 amide bonds. The molecule has 6 nitrogen and oxygen atoms in total. The predicted octanol–water partition coefficient (Wildman–Crippen LogP) is 6.88. The largest absolute Gasteiger partial charge is 0.573 e. The van der Waals surface area contributed by atoms with E-state index in [1.165, 1.54) is 6.07 Å². The molecule has 0 fully saturated rings. The smallest absolute Gasteiger partial charge is 0.453 e. The molecule has 1 N–H and O–H groups in total. The SMILES string of the molecule is O=C(Nc1cnnc(Cl)c1)c1cc(Cl)c(C(F)(F)F)cc1Oc1ccc(OC(F)(F)F)cc1F. The number of benzene rings is 2. The van der Waals surface area contributed by atoms with E-state index in [1.807, 2.05) is 0 Å². The Morgan fingerprint density at radius 3 is 2.26 bits per heavy atom. The van der Waals surface area contributed by atoms with Gasteiger partial charge < -0.3 is 14.8 Å². The van der Waals surface area contributed by atoms with Gasteiger partial charge in [0.15, 0.2) is 16.7 Å². The average Bonchev–Trinajstić information content (AvgIpc) is 2.68. The van der Waals surface area contributed by atoms with E-state index in [2.05, 4.69) is 20.3 Å². The Kier molecular flexibility index (Phi) is 7.07. The molecule has 2 aromatic carbocycles. The van der Waals surface area contributed by atoms with Crippen molar-refractivity contribution in [1.82, 2.24) is 10.2 Å². The first-order chi connectivity index (χ1) is 15.7. The Morgan fingerprint density at radius 2 is 1.68 bits per heavy atom. The summed E-state index contributed by atoms with van der Waals surface area (Å²) >= 11 is 11.3. The Bertz CT molecular complexity index is 1240. The van der Waals surface area contributed by atoms with Crippen LogP contribution < -0.4 is 14.8 Å². The van der Waals surface area contributed by atoms with Gasteiger partial charge in [-0.1, -0.05) is 23.2 Å². The number of anilines is 1. The molecule has 0 spiro atoms. The van der Waals surface area contributed by atoms with Crippen LogP contribution in [-0.4, -0.2) is 22.5 Å². The summed E-state index contributed by atoms with van der Waals surface area (Å²) in [5.41, 5.74) is -1.97. The number of nitrogens with zero attached hydrogens (tertiary/aromatic N) is 2. The molecule has 0 unspecified atom stereocenters. The van der Waals surface area contributed by atoms with Crippen molar-refractivity contribution in [2.24, 2.45) is 0 Å². The third-order valence-corrected chi connectivity index (χ3v) is 4.36. The average molecular weight is 530 g/mol. The second kappa shape index (κ2) is 9.50. The third kappa shape index (κ3) is 6.38. The first kappa shape index (κ1) is 25.3. The van der Waals surface area contributed by atoms with Crippen LogP contribution in [0.4, 0.5) is 36.4 Å². The molecular weight excluding hydrogens is 522 g/mol. The highest BCUT2D eigenvalue weighted by atomic mass is 35.5. The van der Waals surface area contributed by atoms with Gasteiger partial charge in [-0.2, -0.15) is 18.3 Å². The summed E-state index contributed by atoms with van der Waals surface area (Å²) in [6.07, 6.45) is -9.01. The van der Waals surface area contributed by atoms with Gasteiger partial charge in [0.2, 0.25) is 0 Å². The number of halogens is 9.